The molecule has 27 heavy (non-hydrogen) atoms. The van der Waals surface area contributed by atoms with Crippen LogP contribution < -0.4 is 20.3 Å². The van der Waals surface area contributed by atoms with E-state index in [1.807, 2.05) is 42.5 Å². The van der Waals surface area contributed by atoms with Crippen LogP contribution in [0.25, 0.3) is 5.69 Å². The van der Waals surface area contributed by atoms with Crippen molar-refractivity contribution in [3.8, 4) is 17.2 Å². The van der Waals surface area contributed by atoms with E-state index in [1.165, 1.54) is 6.07 Å². The molecule has 0 aliphatic carbocycles. The van der Waals surface area contributed by atoms with Crippen molar-refractivity contribution in [2.45, 2.75) is 6.10 Å². The third kappa shape index (κ3) is 4.18. The lowest BCUT2D eigenvalue weighted by molar-refractivity contribution is 0.142. The maximum absolute atomic E-state index is 12.5. The summed E-state index contributed by atoms with van der Waals surface area (Å²) in [5.74, 6) is 1.31. The molecule has 6 nitrogen and oxygen atoms in total. The van der Waals surface area contributed by atoms with Crippen LogP contribution >= 0.6 is 11.8 Å². The molecule has 3 heterocycles. The van der Waals surface area contributed by atoms with Crippen LogP contribution in [-0.4, -0.2) is 41.3 Å². The lowest BCUT2D eigenvalue weighted by Crippen LogP contribution is -2.50. The number of nitrogens with one attached hydrogen (secondary N) is 1. The van der Waals surface area contributed by atoms with E-state index in [-0.39, 0.29) is 11.7 Å². The van der Waals surface area contributed by atoms with Crippen LogP contribution in [0.15, 0.2) is 71.3 Å². The van der Waals surface area contributed by atoms with Crippen LogP contribution in [0.2, 0.25) is 0 Å². The number of pyridine rings is 1. The highest BCUT2D eigenvalue weighted by atomic mass is 35.5. The third-order valence-electron chi connectivity index (χ3n) is 4.44. The summed E-state index contributed by atoms with van der Waals surface area (Å²) < 4.78 is 14.7. The number of halogens is 1. The molecule has 0 amide bonds. The molecule has 140 valence electrons. The van der Waals surface area contributed by atoms with Gasteiger partial charge in [-0.2, -0.15) is 0 Å². The standard InChI is InChI=1S/C20H20ClN3O3/c21-24-9-2-1-3-16(24)14-26-18-8-10-23(20(25)11-18)15-4-6-17(7-5-15)27-19-12-22-13-19/h1-8,10-11,19,22H,9,12-14H2. The van der Waals surface area contributed by atoms with Crippen molar-refractivity contribution >= 4 is 11.8 Å². The summed E-state index contributed by atoms with van der Waals surface area (Å²) in [5, 5.41) is 3.17. The molecule has 1 fully saturated rings. The summed E-state index contributed by atoms with van der Waals surface area (Å²) in [4.78, 5) is 12.5. The van der Waals surface area contributed by atoms with Crippen LogP contribution in [0.3, 0.4) is 0 Å². The maximum Gasteiger partial charge on any atom is 0.258 e. The number of benzene rings is 1. The van der Waals surface area contributed by atoms with Crippen LogP contribution in [0.1, 0.15) is 0 Å². The van der Waals surface area contributed by atoms with Gasteiger partial charge in [-0.15, -0.1) is 0 Å². The predicted molar refractivity (Wildman–Crippen MR) is 105 cm³/mol. The first-order valence-electron chi connectivity index (χ1n) is 8.81. The Morgan fingerprint density at radius 2 is 1.96 bits per heavy atom. The van der Waals surface area contributed by atoms with Crippen LogP contribution in [0, 0.1) is 0 Å². The Kier molecular flexibility index (Phi) is 5.18. The minimum atomic E-state index is -0.162. The summed E-state index contributed by atoms with van der Waals surface area (Å²) in [6, 6.07) is 10.7. The lowest BCUT2D eigenvalue weighted by atomic mass is 10.2. The normalized spacial score (nSPS) is 16.6. The van der Waals surface area contributed by atoms with Gasteiger partial charge in [-0.25, -0.2) is 0 Å². The first-order chi connectivity index (χ1) is 13.2. The van der Waals surface area contributed by atoms with E-state index in [0.29, 0.717) is 18.9 Å². The van der Waals surface area contributed by atoms with Crippen LogP contribution in [0.4, 0.5) is 0 Å². The Bertz CT molecular complexity index is 917. The second-order valence-electron chi connectivity index (χ2n) is 6.38. The number of rotatable bonds is 6. The van der Waals surface area contributed by atoms with E-state index in [4.69, 9.17) is 21.3 Å². The monoisotopic (exact) mass is 385 g/mol. The molecule has 0 bridgehead atoms. The minimum absolute atomic E-state index is 0.162. The zero-order valence-electron chi connectivity index (χ0n) is 14.7. The molecular formula is C20H20ClN3O3. The van der Waals surface area contributed by atoms with E-state index in [0.717, 1.165) is 30.2 Å². The van der Waals surface area contributed by atoms with Crippen molar-refractivity contribution in [2.24, 2.45) is 0 Å². The number of ether oxygens (including phenoxy) is 2. The third-order valence-corrected chi connectivity index (χ3v) is 4.80. The average Bonchev–Trinajstić information content (AvgIpc) is 2.65. The van der Waals surface area contributed by atoms with E-state index in [1.54, 1.807) is 21.2 Å². The predicted octanol–water partition coefficient (Wildman–Crippen LogP) is 2.48. The zero-order chi connectivity index (χ0) is 18.6. The molecule has 0 saturated carbocycles. The van der Waals surface area contributed by atoms with Crippen molar-refractivity contribution in [3.63, 3.8) is 0 Å². The van der Waals surface area contributed by atoms with Gasteiger partial charge in [0.25, 0.3) is 5.56 Å². The number of nitrogens with zero attached hydrogens (tertiary/aromatic N) is 2. The summed E-state index contributed by atoms with van der Waals surface area (Å²) in [7, 11) is 0. The second-order valence-corrected chi connectivity index (χ2v) is 6.79. The fourth-order valence-electron chi connectivity index (χ4n) is 2.79. The lowest BCUT2D eigenvalue weighted by Gasteiger charge is -2.27. The van der Waals surface area contributed by atoms with E-state index in [2.05, 4.69) is 5.32 Å². The van der Waals surface area contributed by atoms with Crippen molar-refractivity contribution in [3.05, 3.63) is 76.9 Å². The fraction of sp³-hybridized carbons (Fsp3) is 0.250. The highest BCUT2D eigenvalue weighted by Crippen LogP contribution is 2.18. The number of hydrogen-bond acceptors (Lipinski definition) is 5. The van der Waals surface area contributed by atoms with Crippen molar-refractivity contribution in [1.29, 1.82) is 0 Å². The molecule has 1 N–H and O–H groups in total. The molecular weight excluding hydrogens is 366 g/mol. The van der Waals surface area contributed by atoms with Gasteiger partial charge in [-0.1, -0.05) is 12.2 Å². The first-order valence-corrected chi connectivity index (χ1v) is 9.15. The average molecular weight is 386 g/mol. The van der Waals surface area contributed by atoms with E-state index >= 15 is 0 Å². The highest BCUT2D eigenvalue weighted by Gasteiger charge is 2.18. The second kappa shape index (κ2) is 7.90. The molecule has 0 unspecified atom stereocenters. The Morgan fingerprint density at radius 1 is 1.15 bits per heavy atom. The molecule has 4 rings (SSSR count). The molecule has 1 aromatic carbocycles. The topological polar surface area (TPSA) is 55.7 Å². The zero-order valence-corrected chi connectivity index (χ0v) is 15.4. The highest BCUT2D eigenvalue weighted by molar-refractivity contribution is 6.14. The molecule has 1 saturated heterocycles. The minimum Gasteiger partial charge on any atom is -0.488 e. The van der Waals surface area contributed by atoms with Crippen molar-refractivity contribution in [2.75, 3.05) is 26.2 Å². The molecule has 0 radical (unpaired) electrons. The van der Waals surface area contributed by atoms with Crippen molar-refractivity contribution in [1.82, 2.24) is 14.3 Å². The Labute approximate surface area is 162 Å². The van der Waals surface area contributed by atoms with Gasteiger partial charge in [0, 0.05) is 42.8 Å². The largest absolute Gasteiger partial charge is 0.488 e. The quantitative estimate of drug-likeness (QED) is 0.774. The first kappa shape index (κ1) is 17.7. The van der Waals surface area contributed by atoms with Gasteiger partial charge >= 0.3 is 0 Å². The molecule has 1 aromatic heterocycles. The van der Waals surface area contributed by atoms with E-state index in [9.17, 15) is 4.79 Å². The molecule has 7 heteroatoms. The molecule has 2 aliphatic rings. The van der Waals surface area contributed by atoms with Gasteiger partial charge in [-0.3, -0.25) is 13.8 Å². The Morgan fingerprint density at radius 3 is 2.63 bits per heavy atom. The molecule has 0 atom stereocenters. The van der Waals surface area contributed by atoms with Crippen LogP contribution in [0.5, 0.6) is 11.5 Å². The van der Waals surface area contributed by atoms with Gasteiger partial charge in [-0.05, 0) is 36.4 Å². The maximum atomic E-state index is 12.5. The number of allylic oxidation sites excluding steroid dienone is 2. The summed E-state index contributed by atoms with van der Waals surface area (Å²) in [5.41, 5.74) is 1.46. The summed E-state index contributed by atoms with van der Waals surface area (Å²) in [6.45, 7) is 2.68. The van der Waals surface area contributed by atoms with E-state index < -0.39 is 0 Å². The van der Waals surface area contributed by atoms with Crippen LogP contribution in [-0.2, 0) is 0 Å². The van der Waals surface area contributed by atoms with Gasteiger partial charge in [0.05, 0.1) is 12.2 Å². The van der Waals surface area contributed by atoms with Gasteiger partial charge in [0.15, 0.2) is 0 Å². The summed E-state index contributed by atoms with van der Waals surface area (Å²) >= 11 is 6.10. The molecule has 0 spiro atoms. The number of hydrogen-bond donors (Lipinski definition) is 1. The Hall–Kier alpha value is -2.70. The Balaban J connectivity index is 1.42. The molecule has 2 aromatic rings. The van der Waals surface area contributed by atoms with Crippen molar-refractivity contribution < 1.29 is 9.47 Å². The number of aromatic nitrogens is 1. The van der Waals surface area contributed by atoms with Gasteiger partial charge < -0.3 is 14.8 Å². The van der Waals surface area contributed by atoms with Gasteiger partial charge in [0.2, 0.25) is 0 Å². The smallest absolute Gasteiger partial charge is 0.258 e. The summed E-state index contributed by atoms with van der Waals surface area (Å²) in [6.07, 6.45) is 7.72. The SMILES string of the molecule is O=c1cc(OCC2=CC=CCN2Cl)ccn1-c1ccc(OC2CNC2)cc1. The fourth-order valence-corrected chi connectivity index (χ4v) is 2.98. The van der Waals surface area contributed by atoms with Gasteiger partial charge in [0.1, 0.15) is 24.2 Å². The molecule has 2 aliphatic heterocycles.